The predicted octanol–water partition coefficient (Wildman–Crippen LogP) is 9.15. The van der Waals surface area contributed by atoms with E-state index in [4.69, 9.17) is 0 Å². The lowest BCUT2D eigenvalue weighted by Crippen LogP contribution is -2.23. The Morgan fingerprint density at radius 1 is 0.875 bits per heavy atom. The largest absolute Gasteiger partial charge is 0.111 e. The van der Waals surface area contributed by atoms with Gasteiger partial charge in [-0.25, -0.2) is 0 Å². The molecule has 0 aliphatic carbocycles. The first-order valence-electron chi connectivity index (χ1n) is 6.69. The van der Waals surface area contributed by atoms with Crippen molar-refractivity contribution in [3.63, 3.8) is 0 Å². The van der Waals surface area contributed by atoms with E-state index in [2.05, 4.69) is 80.0 Å². The molecule has 0 N–H and O–H groups in total. The van der Waals surface area contributed by atoms with Crippen molar-refractivity contribution in [3.05, 3.63) is 35.4 Å². The maximum atomic E-state index is 4.34. The smallest absolute Gasteiger partial charge is 0.0590 e. The first kappa shape index (κ1) is 25.1. The van der Waals surface area contributed by atoms with Crippen LogP contribution < -0.4 is 0 Å². The van der Waals surface area contributed by atoms with E-state index in [1.807, 2.05) is 21.6 Å². The predicted molar refractivity (Wildman–Crippen MR) is 144 cm³/mol. The summed E-state index contributed by atoms with van der Waals surface area (Å²) in [6.45, 7) is 6.89. The van der Waals surface area contributed by atoms with Gasteiger partial charge in [0, 0.05) is 11.5 Å². The third-order valence-corrected chi connectivity index (χ3v) is 16.9. The molecule has 1 rings (SSSR count). The molecule has 0 aliphatic rings. The first-order valence-corrected chi connectivity index (χ1v) is 19.3. The highest BCUT2D eigenvalue weighted by Crippen LogP contribution is 2.55. The quantitative estimate of drug-likeness (QED) is 0.138. The number of hydrogen-bond donors (Lipinski definition) is 3. The van der Waals surface area contributed by atoms with Gasteiger partial charge in [-0.2, -0.15) is 0 Å². The van der Waals surface area contributed by atoms with E-state index in [0.29, 0.717) is 0 Å². The third-order valence-electron chi connectivity index (χ3n) is 3.37. The fraction of sp³-hybridized carbons (Fsp3) is 0.538. The van der Waals surface area contributed by atoms with E-state index in [1.165, 1.54) is 30.8 Å². The summed E-state index contributed by atoms with van der Waals surface area (Å²) in [5.41, 5.74) is 2.85. The van der Waals surface area contributed by atoms with Crippen LogP contribution in [0.25, 0.3) is 0 Å². The van der Waals surface area contributed by atoms with E-state index in [1.54, 1.807) is 40.3 Å². The summed E-state index contributed by atoms with van der Waals surface area (Å²) in [6, 6.07) is 9.04. The SMILES string of the molecule is CC(C)(CSS)c1cccc(C(C)(CSSSS)SSSSS)c1. The van der Waals surface area contributed by atoms with Crippen LogP contribution in [0.2, 0.25) is 0 Å². The Morgan fingerprint density at radius 3 is 2.17 bits per heavy atom. The highest BCUT2D eigenvalue weighted by molar-refractivity contribution is 9.34. The highest BCUT2D eigenvalue weighted by Gasteiger charge is 2.30. The summed E-state index contributed by atoms with van der Waals surface area (Å²) >= 11 is 12.8. The summed E-state index contributed by atoms with van der Waals surface area (Å²) in [4.78, 5) is 0. The maximum absolute atomic E-state index is 4.34. The van der Waals surface area contributed by atoms with Gasteiger partial charge in [0.2, 0.25) is 0 Å². The van der Waals surface area contributed by atoms with Gasteiger partial charge in [-0.05, 0) is 72.6 Å². The molecule has 1 atom stereocenters. The van der Waals surface area contributed by atoms with E-state index in [0.717, 1.165) is 11.5 Å². The summed E-state index contributed by atoms with van der Waals surface area (Å²) in [6.07, 6.45) is 0. The number of benzene rings is 1. The van der Waals surface area contributed by atoms with Crippen LogP contribution >= 0.6 is 116 Å². The average molecular weight is 529 g/mol. The van der Waals surface area contributed by atoms with Crippen LogP contribution in [0.1, 0.15) is 31.9 Å². The fourth-order valence-corrected chi connectivity index (χ4v) is 14.4. The molecule has 0 amide bonds. The van der Waals surface area contributed by atoms with Gasteiger partial charge in [0.05, 0.1) is 4.75 Å². The Kier molecular flexibility index (Phi) is 13.9. The molecule has 0 bridgehead atoms. The van der Waals surface area contributed by atoms with Crippen molar-refractivity contribution in [1.82, 2.24) is 0 Å². The molecular weight excluding hydrogens is 509 g/mol. The average Bonchev–Trinajstić information content (AvgIpc) is 2.55. The van der Waals surface area contributed by atoms with Gasteiger partial charge in [-0.1, -0.05) is 93.8 Å². The lowest BCUT2D eigenvalue weighted by atomic mass is 9.84. The Bertz CT molecular complexity index is 469. The Hall–Kier alpha value is 3.07. The normalized spacial score (nSPS) is 14.6. The van der Waals surface area contributed by atoms with E-state index < -0.39 is 0 Å². The minimum absolute atomic E-state index is 0.0303. The molecule has 0 aliphatic heterocycles. The lowest BCUT2D eigenvalue weighted by Gasteiger charge is -2.30. The number of hydrogen-bond acceptors (Lipinski definition) is 11. The molecule has 0 fully saturated rings. The molecule has 0 saturated carbocycles. The van der Waals surface area contributed by atoms with Gasteiger partial charge in [-0.3, -0.25) is 0 Å². The van der Waals surface area contributed by atoms with Gasteiger partial charge in [0.1, 0.15) is 0 Å². The van der Waals surface area contributed by atoms with Crippen molar-refractivity contribution in [2.45, 2.75) is 30.9 Å². The van der Waals surface area contributed by atoms with Crippen molar-refractivity contribution in [2.75, 3.05) is 11.5 Å². The van der Waals surface area contributed by atoms with E-state index >= 15 is 0 Å². The summed E-state index contributed by atoms with van der Waals surface area (Å²) in [7, 11) is 13.6. The molecule has 0 saturated heterocycles. The summed E-state index contributed by atoms with van der Waals surface area (Å²) < 4.78 is 0.0303. The molecule has 138 valence electrons. The maximum Gasteiger partial charge on any atom is 0.0590 e. The van der Waals surface area contributed by atoms with Crippen molar-refractivity contribution in [1.29, 1.82) is 0 Å². The lowest BCUT2D eigenvalue weighted by molar-refractivity contribution is 0.601. The molecule has 24 heavy (non-hydrogen) atoms. The van der Waals surface area contributed by atoms with Gasteiger partial charge in [0.25, 0.3) is 0 Å². The zero-order chi connectivity index (χ0) is 18.1. The second kappa shape index (κ2) is 13.3. The standard InChI is InChI=1S/C13H20S11/c1-12(2,8-17-14)10-5-4-6-11(7-10)13(3,9-18-22-20-15)19-23-24-21-16/h4-7,14-16H,8-9H2,1-3H3. The molecule has 1 unspecified atom stereocenters. The Morgan fingerprint density at radius 2 is 1.54 bits per heavy atom. The van der Waals surface area contributed by atoms with Gasteiger partial charge in [0.15, 0.2) is 0 Å². The second-order valence-electron chi connectivity index (χ2n) is 5.67. The minimum Gasteiger partial charge on any atom is -0.111 e. The summed E-state index contributed by atoms with van der Waals surface area (Å²) in [5, 5.41) is 0. The van der Waals surface area contributed by atoms with Crippen LogP contribution in [0, 0.1) is 0 Å². The summed E-state index contributed by atoms with van der Waals surface area (Å²) in [5.74, 6) is 2.01. The molecular formula is C13H20S11. The zero-order valence-electron chi connectivity index (χ0n) is 13.3. The van der Waals surface area contributed by atoms with Crippen molar-refractivity contribution in [3.8, 4) is 0 Å². The molecule has 1 aromatic rings. The molecule has 0 radical (unpaired) electrons. The first-order chi connectivity index (χ1) is 11.4. The van der Waals surface area contributed by atoms with Gasteiger partial charge >= 0.3 is 0 Å². The van der Waals surface area contributed by atoms with Crippen LogP contribution in [0.4, 0.5) is 0 Å². The van der Waals surface area contributed by atoms with Crippen molar-refractivity contribution < 1.29 is 0 Å². The number of rotatable bonds is 12. The van der Waals surface area contributed by atoms with E-state index in [9.17, 15) is 0 Å². The van der Waals surface area contributed by atoms with E-state index in [-0.39, 0.29) is 10.2 Å². The monoisotopic (exact) mass is 528 g/mol. The zero-order valence-corrected chi connectivity index (χ0v) is 22.5. The van der Waals surface area contributed by atoms with Crippen LogP contribution in [-0.4, -0.2) is 11.5 Å². The van der Waals surface area contributed by atoms with Crippen LogP contribution in [-0.2, 0) is 10.2 Å². The molecule has 0 nitrogen and oxygen atoms in total. The second-order valence-corrected chi connectivity index (χ2v) is 19.0. The molecule has 0 aromatic heterocycles. The Labute approximate surface area is 192 Å². The minimum atomic E-state index is 0.0303. The molecule has 1 aromatic carbocycles. The molecule has 11 heteroatoms. The third kappa shape index (κ3) is 8.61. The molecule has 0 heterocycles. The Balaban J connectivity index is 3.03. The van der Waals surface area contributed by atoms with Crippen LogP contribution in [0.3, 0.4) is 0 Å². The fourth-order valence-electron chi connectivity index (χ4n) is 1.93. The topological polar surface area (TPSA) is 0 Å². The van der Waals surface area contributed by atoms with Gasteiger partial charge < -0.3 is 0 Å². The van der Waals surface area contributed by atoms with Crippen LogP contribution in [0.15, 0.2) is 24.3 Å². The van der Waals surface area contributed by atoms with Crippen molar-refractivity contribution in [2.24, 2.45) is 0 Å². The van der Waals surface area contributed by atoms with Gasteiger partial charge in [-0.15, -0.1) is 11.7 Å². The number of thiol groups is 3. The highest BCUT2D eigenvalue weighted by atomic mass is 33.8. The van der Waals surface area contributed by atoms with Crippen molar-refractivity contribution >= 4 is 116 Å². The molecule has 0 spiro atoms. The van der Waals surface area contributed by atoms with Crippen LogP contribution in [0.5, 0.6) is 0 Å².